The molecule has 0 spiro atoms. The Morgan fingerprint density at radius 1 is 0.872 bits per heavy atom. The molecule has 0 radical (unpaired) electrons. The van der Waals surface area contributed by atoms with Crippen LogP contribution in [0, 0.1) is 6.92 Å². The lowest BCUT2D eigenvalue weighted by Crippen LogP contribution is -2.54. The summed E-state index contributed by atoms with van der Waals surface area (Å²) in [4.78, 5) is 30.2. The van der Waals surface area contributed by atoms with Crippen LogP contribution in [0.5, 0.6) is 5.75 Å². The van der Waals surface area contributed by atoms with Crippen molar-refractivity contribution in [1.82, 2.24) is 10.2 Å². The fraction of sp³-hybridized carbons (Fsp3) is 0.297. The number of nitrogens with one attached hydrogen (secondary N) is 1. The smallest absolute Gasteiger partial charge is 0.264 e. The predicted molar refractivity (Wildman–Crippen MR) is 190 cm³/mol. The molecule has 0 unspecified atom stereocenters. The second-order valence-electron chi connectivity index (χ2n) is 11.4. The van der Waals surface area contributed by atoms with E-state index in [4.69, 9.17) is 4.74 Å². The SMILES string of the molecule is CCOc1ccccc1N(CC(=O)N(Cc1cccc(Br)c1)[C@H](Cc1ccccc1)C(=O)N[C@H](C)CC)S(=O)(=O)c1ccc(C)cc1. The summed E-state index contributed by atoms with van der Waals surface area (Å²) in [6, 6.07) is 29.2. The van der Waals surface area contributed by atoms with Crippen LogP contribution in [-0.4, -0.2) is 50.4 Å². The first-order valence-corrected chi connectivity index (χ1v) is 18.0. The summed E-state index contributed by atoms with van der Waals surface area (Å²) in [6.07, 6.45) is 0.948. The van der Waals surface area contributed by atoms with Crippen molar-refractivity contribution in [2.75, 3.05) is 17.5 Å². The highest BCUT2D eigenvalue weighted by atomic mass is 79.9. The summed E-state index contributed by atoms with van der Waals surface area (Å²) in [7, 11) is -4.25. The third-order valence-electron chi connectivity index (χ3n) is 7.84. The highest BCUT2D eigenvalue weighted by molar-refractivity contribution is 9.10. The fourth-order valence-corrected chi connectivity index (χ4v) is 6.99. The van der Waals surface area contributed by atoms with E-state index in [0.29, 0.717) is 18.8 Å². The molecule has 4 rings (SSSR count). The minimum Gasteiger partial charge on any atom is -0.492 e. The van der Waals surface area contributed by atoms with Gasteiger partial charge in [0.2, 0.25) is 11.8 Å². The zero-order chi connectivity index (χ0) is 34.0. The molecule has 1 N–H and O–H groups in total. The monoisotopic (exact) mass is 719 g/mol. The van der Waals surface area contributed by atoms with Crippen LogP contribution in [0.3, 0.4) is 0 Å². The van der Waals surface area contributed by atoms with Crippen LogP contribution in [0.1, 0.15) is 43.9 Å². The molecule has 0 aliphatic heterocycles. The van der Waals surface area contributed by atoms with E-state index in [1.165, 1.54) is 17.0 Å². The first-order chi connectivity index (χ1) is 22.5. The maximum Gasteiger partial charge on any atom is 0.264 e. The molecule has 2 amide bonds. The van der Waals surface area contributed by atoms with Crippen molar-refractivity contribution in [3.63, 3.8) is 0 Å². The van der Waals surface area contributed by atoms with Crippen molar-refractivity contribution in [3.05, 3.63) is 124 Å². The number of hydrogen-bond acceptors (Lipinski definition) is 5. The van der Waals surface area contributed by atoms with Crippen molar-refractivity contribution >= 4 is 43.5 Å². The van der Waals surface area contributed by atoms with Crippen molar-refractivity contribution in [2.45, 2.75) is 64.1 Å². The molecule has 0 saturated heterocycles. The van der Waals surface area contributed by atoms with E-state index >= 15 is 0 Å². The molecule has 4 aromatic carbocycles. The van der Waals surface area contributed by atoms with E-state index in [1.807, 2.05) is 82.3 Å². The Kier molecular flexibility index (Phi) is 12.6. The van der Waals surface area contributed by atoms with Gasteiger partial charge in [0, 0.05) is 23.5 Å². The van der Waals surface area contributed by atoms with Crippen molar-refractivity contribution in [1.29, 1.82) is 0 Å². The molecule has 8 nitrogen and oxygen atoms in total. The number of ether oxygens (including phenoxy) is 1. The van der Waals surface area contributed by atoms with Gasteiger partial charge in [-0.3, -0.25) is 13.9 Å². The van der Waals surface area contributed by atoms with Crippen LogP contribution in [-0.2, 0) is 32.6 Å². The van der Waals surface area contributed by atoms with Gasteiger partial charge in [-0.2, -0.15) is 0 Å². The van der Waals surface area contributed by atoms with E-state index < -0.39 is 28.5 Å². The quantitative estimate of drug-likeness (QED) is 0.144. The number of hydrogen-bond donors (Lipinski definition) is 1. The standard InChI is InChI=1S/C37H42BrN3O5S/c1-5-28(4)39-37(43)34(24-29-13-8-7-9-14-29)40(25-30-15-12-16-31(38)23-30)36(42)26-41(33-17-10-11-18-35(33)46-6-2)47(44,45)32-21-19-27(3)20-22-32/h7-23,28,34H,5-6,24-26H2,1-4H3,(H,39,43)/t28-,34-/m1/s1. The molecule has 248 valence electrons. The molecule has 4 aromatic rings. The number of para-hydroxylation sites is 2. The van der Waals surface area contributed by atoms with Crippen LogP contribution in [0.2, 0.25) is 0 Å². The molecular weight excluding hydrogens is 678 g/mol. The molecule has 47 heavy (non-hydrogen) atoms. The number of halogens is 1. The van der Waals surface area contributed by atoms with E-state index in [1.54, 1.807) is 36.4 Å². The highest BCUT2D eigenvalue weighted by Crippen LogP contribution is 2.33. The van der Waals surface area contributed by atoms with Crippen LogP contribution in [0.4, 0.5) is 5.69 Å². The first kappa shape index (κ1) is 35.7. The molecule has 0 saturated carbocycles. The lowest BCUT2D eigenvalue weighted by Gasteiger charge is -2.34. The number of amides is 2. The van der Waals surface area contributed by atoms with Crippen molar-refractivity contribution in [3.8, 4) is 5.75 Å². The minimum atomic E-state index is -4.25. The Labute approximate surface area is 286 Å². The van der Waals surface area contributed by atoms with Gasteiger partial charge < -0.3 is 15.0 Å². The van der Waals surface area contributed by atoms with E-state index in [-0.39, 0.29) is 35.5 Å². The number of nitrogens with zero attached hydrogens (tertiary/aromatic N) is 2. The average molecular weight is 721 g/mol. The Morgan fingerprint density at radius 3 is 2.19 bits per heavy atom. The lowest BCUT2D eigenvalue weighted by atomic mass is 10.0. The summed E-state index contributed by atoms with van der Waals surface area (Å²) >= 11 is 3.52. The van der Waals surface area contributed by atoms with Crippen LogP contribution < -0.4 is 14.4 Å². The highest BCUT2D eigenvalue weighted by Gasteiger charge is 2.35. The zero-order valence-corrected chi connectivity index (χ0v) is 29.6. The third-order valence-corrected chi connectivity index (χ3v) is 10.1. The van der Waals surface area contributed by atoms with Gasteiger partial charge in [-0.15, -0.1) is 0 Å². The minimum absolute atomic E-state index is 0.0380. The summed E-state index contributed by atoms with van der Waals surface area (Å²) in [5.41, 5.74) is 2.78. The zero-order valence-electron chi connectivity index (χ0n) is 27.2. The van der Waals surface area contributed by atoms with Gasteiger partial charge in [-0.25, -0.2) is 8.42 Å². The van der Waals surface area contributed by atoms with Crippen molar-refractivity contribution in [2.24, 2.45) is 0 Å². The molecule has 10 heteroatoms. The third kappa shape index (κ3) is 9.45. The van der Waals surface area contributed by atoms with Gasteiger partial charge in [0.15, 0.2) is 0 Å². The van der Waals surface area contributed by atoms with Gasteiger partial charge in [0.25, 0.3) is 10.0 Å². The van der Waals surface area contributed by atoms with Crippen LogP contribution >= 0.6 is 15.9 Å². The lowest BCUT2D eigenvalue weighted by molar-refractivity contribution is -0.140. The molecule has 0 bridgehead atoms. The molecule has 0 aliphatic carbocycles. The van der Waals surface area contributed by atoms with Crippen molar-refractivity contribution < 1.29 is 22.7 Å². The maximum absolute atomic E-state index is 14.7. The van der Waals surface area contributed by atoms with Gasteiger partial charge in [0.1, 0.15) is 18.3 Å². The number of rotatable bonds is 15. The topological polar surface area (TPSA) is 96.0 Å². The maximum atomic E-state index is 14.7. The normalized spacial score (nSPS) is 12.5. The van der Waals surface area contributed by atoms with E-state index in [0.717, 1.165) is 25.5 Å². The summed E-state index contributed by atoms with van der Waals surface area (Å²) < 4.78 is 36.5. The Morgan fingerprint density at radius 2 is 1.53 bits per heavy atom. The van der Waals surface area contributed by atoms with E-state index in [9.17, 15) is 18.0 Å². The van der Waals surface area contributed by atoms with Crippen LogP contribution in [0.15, 0.2) is 112 Å². The average Bonchev–Trinajstić information content (AvgIpc) is 3.06. The van der Waals surface area contributed by atoms with Gasteiger partial charge in [0.05, 0.1) is 17.2 Å². The van der Waals surface area contributed by atoms with Gasteiger partial charge >= 0.3 is 0 Å². The number of sulfonamides is 1. The molecule has 0 heterocycles. The van der Waals surface area contributed by atoms with Gasteiger partial charge in [-0.1, -0.05) is 95.1 Å². The number of benzene rings is 4. The molecule has 0 aliphatic rings. The predicted octanol–water partition coefficient (Wildman–Crippen LogP) is 6.91. The summed E-state index contributed by atoms with van der Waals surface area (Å²) in [5, 5.41) is 3.06. The number of anilines is 1. The second kappa shape index (κ2) is 16.6. The Hall–Kier alpha value is -4.15. The molecule has 2 atom stereocenters. The Balaban J connectivity index is 1.84. The fourth-order valence-electron chi connectivity index (χ4n) is 5.12. The molecule has 0 fully saturated rings. The number of carbonyl (C=O) groups is 2. The van der Waals surface area contributed by atoms with E-state index in [2.05, 4.69) is 21.2 Å². The van der Waals surface area contributed by atoms with Crippen LogP contribution in [0.25, 0.3) is 0 Å². The molecular formula is C37H42BrN3O5S. The number of aryl methyl sites for hydroxylation is 1. The van der Waals surface area contributed by atoms with Gasteiger partial charge in [-0.05, 0) is 74.7 Å². The molecule has 0 aromatic heterocycles. The second-order valence-corrected chi connectivity index (χ2v) is 14.2. The Bertz CT molecular complexity index is 1750. The summed E-state index contributed by atoms with van der Waals surface area (Å²) in [5.74, 6) is -0.520. The summed E-state index contributed by atoms with van der Waals surface area (Å²) in [6.45, 7) is 7.40. The number of carbonyl (C=O) groups excluding carboxylic acids is 2. The largest absolute Gasteiger partial charge is 0.492 e. The first-order valence-electron chi connectivity index (χ1n) is 15.7.